The first-order valence-corrected chi connectivity index (χ1v) is 13.8. The Bertz CT molecular complexity index is 1170. The summed E-state index contributed by atoms with van der Waals surface area (Å²) in [4.78, 5) is 36.5. The molecule has 3 aromatic rings. The zero-order chi connectivity index (χ0) is 23.6. The topological polar surface area (TPSA) is 75.1 Å². The highest BCUT2D eigenvalue weighted by Gasteiger charge is 2.29. The number of aromatic nitrogens is 4. The van der Waals surface area contributed by atoms with Crippen molar-refractivity contribution in [1.29, 1.82) is 0 Å². The molecule has 7 nitrogen and oxygen atoms in total. The van der Waals surface area contributed by atoms with Crippen LogP contribution in [-0.4, -0.2) is 62.8 Å². The average molecular weight is 489 g/mol. The van der Waals surface area contributed by atoms with Crippen molar-refractivity contribution >= 4 is 23.1 Å². The lowest BCUT2D eigenvalue weighted by molar-refractivity contribution is 0.0953. The Labute approximate surface area is 210 Å². The van der Waals surface area contributed by atoms with Gasteiger partial charge in [-0.15, -0.1) is 11.3 Å². The number of fused-ring (bicyclic) bond motifs is 1. The number of aryl methyl sites for hydroxylation is 2. The number of thiazole rings is 1. The van der Waals surface area contributed by atoms with E-state index in [2.05, 4.69) is 19.8 Å². The molecule has 1 aliphatic heterocycles. The minimum absolute atomic E-state index is 0.142. The Balaban J connectivity index is 1.05. The number of carbonyl (C=O) groups is 1. The smallest absolute Gasteiger partial charge is 0.225 e. The van der Waals surface area contributed by atoms with Crippen molar-refractivity contribution < 1.29 is 4.79 Å². The van der Waals surface area contributed by atoms with Crippen molar-refractivity contribution in [3.8, 4) is 10.6 Å². The predicted octanol–water partition coefficient (Wildman–Crippen LogP) is 4.44. The van der Waals surface area contributed by atoms with Gasteiger partial charge >= 0.3 is 0 Å². The fourth-order valence-corrected chi connectivity index (χ4v) is 6.30. The van der Waals surface area contributed by atoms with Crippen LogP contribution in [0.2, 0.25) is 0 Å². The monoisotopic (exact) mass is 488 g/mol. The van der Waals surface area contributed by atoms with Crippen molar-refractivity contribution in [2.45, 2.75) is 57.4 Å². The van der Waals surface area contributed by atoms with Gasteiger partial charge in [-0.25, -0.2) is 15.0 Å². The quantitative estimate of drug-likeness (QED) is 0.375. The molecule has 0 N–H and O–H groups in total. The lowest BCUT2D eigenvalue weighted by Gasteiger charge is -2.43. The summed E-state index contributed by atoms with van der Waals surface area (Å²) in [6.45, 7) is 4.27. The molecule has 0 radical (unpaired) electrons. The van der Waals surface area contributed by atoms with Crippen LogP contribution in [0.15, 0.2) is 36.1 Å². The van der Waals surface area contributed by atoms with Crippen LogP contribution in [0.25, 0.3) is 10.6 Å². The van der Waals surface area contributed by atoms with Crippen LogP contribution in [0.3, 0.4) is 0 Å². The van der Waals surface area contributed by atoms with Gasteiger partial charge in [0.25, 0.3) is 0 Å². The highest BCUT2D eigenvalue weighted by atomic mass is 32.1. The van der Waals surface area contributed by atoms with Gasteiger partial charge in [-0.1, -0.05) is 6.42 Å². The number of nitrogens with zero attached hydrogens (tertiary/aromatic N) is 6. The molecule has 3 aromatic heterocycles. The molecule has 35 heavy (non-hydrogen) atoms. The van der Waals surface area contributed by atoms with E-state index in [4.69, 9.17) is 9.97 Å². The lowest BCUT2D eigenvalue weighted by Crippen LogP contribution is -2.52. The van der Waals surface area contributed by atoms with Crippen molar-refractivity contribution in [1.82, 2.24) is 24.8 Å². The Hall–Kier alpha value is -2.71. The molecule has 182 valence electrons. The van der Waals surface area contributed by atoms with E-state index < -0.39 is 0 Å². The highest BCUT2D eigenvalue weighted by molar-refractivity contribution is 7.13. The van der Waals surface area contributed by atoms with Crippen molar-refractivity contribution in [2.75, 3.05) is 31.1 Å². The zero-order valence-corrected chi connectivity index (χ0v) is 20.9. The molecular weight excluding hydrogens is 456 g/mol. The summed E-state index contributed by atoms with van der Waals surface area (Å²) >= 11 is 1.51. The Kier molecular flexibility index (Phi) is 6.57. The fraction of sp³-hybridized carbons (Fsp3) is 0.519. The number of pyridine rings is 1. The molecule has 4 heterocycles. The normalized spacial score (nSPS) is 21.3. The Morgan fingerprint density at radius 3 is 2.66 bits per heavy atom. The molecule has 3 aliphatic rings. The van der Waals surface area contributed by atoms with Crippen LogP contribution in [0.5, 0.6) is 0 Å². The number of Topliss-reactive ketones (excluding diaryl/α,β-unsaturated/α-hetero) is 1. The second-order valence-electron chi connectivity index (χ2n) is 10.1. The van der Waals surface area contributed by atoms with E-state index >= 15 is 0 Å². The summed E-state index contributed by atoms with van der Waals surface area (Å²) in [6, 6.07) is 4.69. The summed E-state index contributed by atoms with van der Waals surface area (Å²) in [5, 5.41) is 2.74. The van der Waals surface area contributed by atoms with Gasteiger partial charge in [0, 0.05) is 73.9 Å². The summed E-state index contributed by atoms with van der Waals surface area (Å²) in [5.41, 5.74) is 3.97. The number of hydrogen-bond acceptors (Lipinski definition) is 8. The van der Waals surface area contributed by atoms with Gasteiger partial charge in [0.2, 0.25) is 5.95 Å². The van der Waals surface area contributed by atoms with Gasteiger partial charge in [0.05, 0.1) is 0 Å². The maximum absolute atomic E-state index is 13.0. The molecule has 1 unspecified atom stereocenters. The molecule has 0 aromatic carbocycles. The molecule has 2 aliphatic carbocycles. The molecule has 8 heteroatoms. The van der Waals surface area contributed by atoms with Gasteiger partial charge in [-0.3, -0.25) is 14.7 Å². The second-order valence-corrected chi connectivity index (χ2v) is 11.0. The molecule has 0 spiro atoms. The molecule has 1 saturated carbocycles. The number of hydrogen-bond donors (Lipinski definition) is 0. The minimum Gasteiger partial charge on any atom is -0.338 e. The third-order valence-corrected chi connectivity index (χ3v) is 8.80. The maximum atomic E-state index is 13.0. The molecular formula is C27H32N6OS. The summed E-state index contributed by atoms with van der Waals surface area (Å²) in [5.74, 6) is 1.38. The van der Waals surface area contributed by atoms with Crippen LogP contribution in [0.4, 0.5) is 5.95 Å². The number of rotatable bonds is 6. The van der Waals surface area contributed by atoms with E-state index in [-0.39, 0.29) is 5.78 Å². The van der Waals surface area contributed by atoms with Crippen LogP contribution in [0.1, 0.15) is 60.3 Å². The number of ketones is 1. The Morgan fingerprint density at radius 2 is 1.89 bits per heavy atom. The highest BCUT2D eigenvalue weighted by Crippen LogP contribution is 2.30. The van der Waals surface area contributed by atoms with Gasteiger partial charge in [-0.05, 0) is 62.1 Å². The maximum Gasteiger partial charge on any atom is 0.225 e. The first-order chi connectivity index (χ1) is 17.2. The average Bonchev–Trinajstić information content (AvgIpc) is 3.28. The first-order valence-electron chi connectivity index (χ1n) is 13.0. The van der Waals surface area contributed by atoms with Crippen molar-refractivity contribution in [2.24, 2.45) is 5.92 Å². The zero-order valence-electron chi connectivity index (χ0n) is 20.1. The minimum atomic E-state index is 0.142. The van der Waals surface area contributed by atoms with E-state index in [1.165, 1.54) is 41.9 Å². The van der Waals surface area contributed by atoms with Crippen molar-refractivity contribution in [3.05, 3.63) is 53.1 Å². The fourth-order valence-electron chi connectivity index (χ4n) is 5.49. The number of carbonyl (C=O) groups excluding carboxylic acids is 1. The second kappa shape index (κ2) is 10.1. The van der Waals surface area contributed by atoms with Crippen LogP contribution < -0.4 is 4.90 Å². The molecule has 1 saturated heterocycles. The van der Waals surface area contributed by atoms with Gasteiger partial charge in [0.15, 0.2) is 5.78 Å². The van der Waals surface area contributed by atoms with Crippen LogP contribution in [0, 0.1) is 5.92 Å². The van der Waals surface area contributed by atoms with Gasteiger partial charge < -0.3 is 4.90 Å². The molecule has 1 atom stereocenters. The predicted molar refractivity (Wildman–Crippen MR) is 138 cm³/mol. The number of piperazine rings is 1. The van der Waals surface area contributed by atoms with E-state index in [9.17, 15) is 4.79 Å². The number of anilines is 1. The standard InChI is InChI=1S/C27H32N6OS/c34-25(24-18-35-26(30-24)21-3-2-10-28-16-21)15-19-6-8-20-17-29-27(31-23(20)9-7-19)33-13-11-32(12-14-33)22-4-1-5-22/h2-3,10,16-19,22H,1,4-9,11-15H2. The molecule has 2 fully saturated rings. The summed E-state index contributed by atoms with van der Waals surface area (Å²) in [6.07, 6.45) is 14.1. The molecule has 6 rings (SSSR count). The van der Waals surface area contributed by atoms with Crippen molar-refractivity contribution in [3.63, 3.8) is 0 Å². The first kappa shape index (κ1) is 22.7. The lowest BCUT2D eigenvalue weighted by atomic mass is 9.91. The van der Waals surface area contributed by atoms with Crippen LogP contribution in [-0.2, 0) is 12.8 Å². The SMILES string of the molecule is O=C(CC1CCc2cnc(N3CCN(C4CCC4)CC3)nc2CC1)c1csc(-c2cccnc2)n1. The Morgan fingerprint density at radius 1 is 1.03 bits per heavy atom. The van der Waals surface area contributed by atoms with Crippen LogP contribution >= 0.6 is 11.3 Å². The van der Waals surface area contributed by atoms with E-state index in [0.717, 1.165) is 74.4 Å². The van der Waals surface area contributed by atoms with E-state index in [1.807, 2.05) is 23.7 Å². The third-order valence-electron chi connectivity index (χ3n) is 7.91. The third kappa shape index (κ3) is 5.00. The van der Waals surface area contributed by atoms with E-state index in [0.29, 0.717) is 18.0 Å². The molecule has 0 bridgehead atoms. The summed E-state index contributed by atoms with van der Waals surface area (Å²) in [7, 11) is 0. The van der Waals surface area contributed by atoms with E-state index in [1.54, 1.807) is 12.4 Å². The van der Waals surface area contributed by atoms with Gasteiger partial charge in [0.1, 0.15) is 10.7 Å². The summed E-state index contributed by atoms with van der Waals surface area (Å²) < 4.78 is 0. The largest absolute Gasteiger partial charge is 0.338 e. The molecule has 0 amide bonds. The van der Waals surface area contributed by atoms with Gasteiger partial charge in [-0.2, -0.15) is 0 Å².